The first-order valence-electron chi connectivity index (χ1n) is 7.03. The minimum Gasteiger partial charge on any atom is -0.312 e. The Morgan fingerprint density at radius 2 is 2.10 bits per heavy atom. The molecule has 2 aromatic rings. The van der Waals surface area contributed by atoms with E-state index >= 15 is 0 Å². The number of hydrogen-bond acceptors (Lipinski definition) is 5. The molecule has 112 valence electrons. The second-order valence-corrected chi connectivity index (χ2v) is 8.68. The van der Waals surface area contributed by atoms with Crippen molar-refractivity contribution < 1.29 is 8.42 Å². The summed E-state index contributed by atoms with van der Waals surface area (Å²) < 4.78 is 29.5. The number of thiophene rings is 1. The summed E-state index contributed by atoms with van der Waals surface area (Å²) in [7, 11) is -3.42. The standard InChI is InChI=1S/C13H16N4O2S2/c1-9-4-7-20-13(9)21(18,19)16-5-6-17-11(8-16)14-15-12(17)10-2-3-10/h4,7,10H,2-3,5-6,8H2,1H3. The van der Waals surface area contributed by atoms with E-state index < -0.39 is 10.0 Å². The molecule has 0 spiro atoms. The molecule has 21 heavy (non-hydrogen) atoms. The van der Waals surface area contributed by atoms with Crippen molar-refractivity contribution >= 4 is 21.4 Å². The summed E-state index contributed by atoms with van der Waals surface area (Å²) in [5.74, 6) is 2.34. The monoisotopic (exact) mass is 324 g/mol. The van der Waals surface area contributed by atoms with Gasteiger partial charge < -0.3 is 4.57 Å². The van der Waals surface area contributed by atoms with E-state index in [4.69, 9.17) is 0 Å². The Labute approximate surface area is 127 Å². The van der Waals surface area contributed by atoms with Gasteiger partial charge in [-0.3, -0.25) is 0 Å². The summed E-state index contributed by atoms with van der Waals surface area (Å²) in [4.78, 5) is 0. The summed E-state index contributed by atoms with van der Waals surface area (Å²) in [5.41, 5.74) is 0.811. The maximum absolute atomic E-state index is 12.7. The minimum absolute atomic E-state index is 0.319. The van der Waals surface area contributed by atoms with Crippen LogP contribution in [0.1, 0.15) is 36.0 Å². The molecule has 0 atom stereocenters. The van der Waals surface area contributed by atoms with Crippen LogP contribution in [0.4, 0.5) is 0 Å². The highest BCUT2D eigenvalue weighted by atomic mass is 32.2. The van der Waals surface area contributed by atoms with Gasteiger partial charge in [0.05, 0.1) is 6.54 Å². The topological polar surface area (TPSA) is 68.1 Å². The molecular weight excluding hydrogens is 308 g/mol. The van der Waals surface area contributed by atoms with Crippen molar-refractivity contribution in [3.8, 4) is 0 Å². The van der Waals surface area contributed by atoms with Gasteiger partial charge >= 0.3 is 0 Å². The number of aryl methyl sites for hydroxylation is 1. The average Bonchev–Trinajstić information content (AvgIpc) is 3.06. The third-order valence-corrected chi connectivity index (χ3v) is 7.59. The molecule has 0 N–H and O–H groups in total. The molecule has 0 aromatic carbocycles. The molecule has 1 saturated carbocycles. The van der Waals surface area contributed by atoms with Crippen LogP contribution in [0.3, 0.4) is 0 Å². The molecule has 0 amide bonds. The first-order valence-corrected chi connectivity index (χ1v) is 9.35. The van der Waals surface area contributed by atoms with Crippen LogP contribution in [0.5, 0.6) is 0 Å². The molecule has 2 aromatic heterocycles. The highest BCUT2D eigenvalue weighted by Gasteiger charge is 2.35. The number of aromatic nitrogens is 3. The number of nitrogens with zero attached hydrogens (tertiary/aromatic N) is 4. The first-order chi connectivity index (χ1) is 10.1. The maximum Gasteiger partial charge on any atom is 0.253 e. The summed E-state index contributed by atoms with van der Waals surface area (Å²) in [6.45, 7) is 3.29. The Balaban J connectivity index is 1.65. The Morgan fingerprint density at radius 1 is 1.29 bits per heavy atom. The van der Waals surface area contributed by atoms with Crippen LogP contribution >= 0.6 is 11.3 Å². The average molecular weight is 324 g/mol. The SMILES string of the molecule is Cc1ccsc1S(=O)(=O)N1CCn2c(nnc2C2CC2)C1. The van der Waals surface area contributed by atoms with E-state index in [0.29, 0.717) is 29.8 Å². The van der Waals surface area contributed by atoms with Crippen LogP contribution < -0.4 is 0 Å². The van der Waals surface area contributed by atoms with Crippen molar-refractivity contribution in [1.29, 1.82) is 0 Å². The van der Waals surface area contributed by atoms with Crippen LogP contribution in [0, 0.1) is 6.92 Å². The lowest BCUT2D eigenvalue weighted by Gasteiger charge is -2.26. The van der Waals surface area contributed by atoms with E-state index in [1.165, 1.54) is 28.5 Å². The molecule has 0 saturated heterocycles. The lowest BCUT2D eigenvalue weighted by molar-refractivity contribution is 0.332. The van der Waals surface area contributed by atoms with Crippen molar-refractivity contribution in [2.75, 3.05) is 6.54 Å². The van der Waals surface area contributed by atoms with Crippen molar-refractivity contribution in [2.45, 2.75) is 43.0 Å². The normalized spacial score (nSPS) is 19.7. The fraction of sp³-hybridized carbons (Fsp3) is 0.538. The van der Waals surface area contributed by atoms with Crippen molar-refractivity contribution in [3.63, 3.8) is 0 Å². The van der Waals surface area contributed by atoms with Gasteiger partial charge in [-0.25, -0.2) is 8.42 Å². The molecule has 1 aliphatic heterocycles. The molecule has 8 heteroatoms. The molecule has 6 nitrogen and oxygen atoms in total. The Morgan fingerprint density at radius 3 is 2.76 bits per heavy atom. The van der Waals surface area contributed by atoms with Crippen molar-refractivity contribution in [1.82, 2.24) is 19.1 Å². The quantitative estimate of drug-likeness (QED) is 0.862. The van der Waals surface area contributed by atoms with E-state index in [9.17, 15) is 8.42 Å². The zero-order valence-electron chi connectivity index (χ0n) is 11.7. The number of hydrogen-bond donors (Lipinski definition) is 0. The van der Waals surface area contributed by atoms with E-state index in [1.807, 2.05) is 18.4 Å². The Hall–Kier alpha value is -1.25. The van der Waals surface area contributed by atoms with E-state index in [1.54, 1.807) is 0 Å². The second-order valence-electron chi connectivity index (χ2n) is 5.63. The fourth-order valence-electron chi connectivity index (χ4n) is 2.75. The molecule has 1 fully saturated rings. The van der Waals surface area contributed by atoms with Gasteiger partial charge in [0.15, 0.2) is 0 Å². The van der Waals surface area contributed by atoms with Crippen LogP contribution in [-0.4, -0.2) is 34.0 Å². The van der Waals surface area contributed by atoms with Crippen LogP contribution in [0.15, 0.2) is 15.7 Å². The van der Waals surface area contributed by atoms with Crippen molar-refractivity contribution in [2.24, 2.45) is 0 Å². The number of fused-ring (bicyclic) bond motifs is 1. The van der Waals surface area contributed by atoms with Gasteiger partial charge in [0.2, 0.25) is 0 Å². The first kappa shape index (κ1) is 13.4. The van der Waals surface area contributed by atoms with Gasteiger partial charge in [0.1, 0.15) is 15.9 Å². The van der Waals surface area contributed by atoms with Gasteiger partial charge in [-0.05, 0) is 36.8 Å². The van der Waals surface area contributed by atoms with Gasteiger partial charge in [-0.1, -0.05) is 0 Å². The molecule has 0 radical (unpaired) electrons. The van der Waals surface area contributed by atoms with E-state index in [2.05, 4.69) is 14.8 Å². The van der Waals surface area contributed by atoms with Gasteiger partial charge in [0, 0.05) is 19.0 Å². The van der Waals surface area contributed by atoms with Crippen molar-refractivity contribution in [3.05, 3.63) is 28.7 Å². The third kappa shape index (κ3) is 2.13. The summed E-state index contributed by atoms with van der Waals surface area (Å²) >= 11 is 1.28. The van der Waals surface area contributed by atoms with Crippen LogP contribution in [0.25, 0.3) is 0 Å². The number of sulfonamides is 1. The Kier molecular flexibility index (Phi) is 2.95. The van der Waals surface area contributed by atoms with Gasteiger partial charge in [-0.2, -0.15) is 4.31 Å². The molecule has 1 aliphatic carbocycles. The third-order valence-electron chi connectivity index (χ3n) is 4.08. The molecule has 4 rings (SSSR count). The van der Waals surface area contributed by atoms with Crippen LogP contribution in [-0.2, 0) is 23.1 Å². The zero-order chi connectivity index (χ0) is 14.6. The summed E-state index contributed by atoms with van der Waals surface area (Å²) in [5, 5.41) is 10.3. The second kappa shape index (κ2) is 4.62. The molecule has 3 heterocycles. The predicted octanol–water partition coefficient (Wildman–Crippen LogP) is 1.73. The lowest BCUT2D eigenvalue weighted by atomic mass is 10.3. The lowest BCUT2D eigenvalue weighted by Crippen LogP contribution is -2.38. The van der Waals surface area contributed by atoms with Gasteiger partial charge in [-0.15, -0.1) is 21.5 Å². The highest BCUT2D eigenvalue weighted by molar-refractivity contribution is 7.91. The molecule has 0 unspecified atom stereocenters. The van der Waals surface area contributed by atoms with Crippen LogP contribution in [0.2, 0.25) is 0 Å². The number of rotatable bonds is 3. The summed E-state index contributed by atoms with van der Waals surface area (Å²) in [6, 6.07) is 1.84. The van der Waals surface area contributed by atoms with Gasteiger partial charge in [0.25, 0.3) is 10.0 Å². The fourth-order valence-corrected chi connectivity index (χ4v) is 5.68. The smallest absolute Gasteiger partial charge is 0.253 e. The molecule has 2 aliphatic rings. The zero-order valence-corrected chi connectivity index (χ0v) is 13.3. The highest BCUT2D eigenvalue weighted by Crippen LogP contribution is 2.40. The minimum atomic E-state index is -3.42. The Bertz CT molecular complexity index is 789. The summed E-state index contributed by atoms with van der Waals surface area (Å²) in [6.07, 6.45) is 2.35. The van der Waals surface area contributed by atoms with E-state index in [-0.39, 0.29) is 0 Å². The largest absolute Gasteiger partial charge is 0.312 e. The molecule has 0 bridgehead atoms. The predicted molar refractivity (Wildman–Crippen MR) is 78.6 cm³/mol. The molecular formula is C13H16N4O2S2. The maximum atomic E-state index is 12.7. The van der Waals surface area contributed by atoms with E-state index in [0.717, 1.165) is 17.2 Å².